The lowest BCUT2D eigenvalue weighted by Gasteiger charge is -2.17. The average molecular weight is 342 g/mol. The van der Waals surface area contributed by atoms with Crippen LogP contribution in [0.2, 0.25) is 0 Å². The van der Waals surface area contributed by atoms with Crippen molar-refractivity contribution in [2.24, 2.45) is 5.73 Å². The molecule has 19 heavy (non-hydrogen) atoms. The van der Waals surface area contributed by atoms with Gasteiger partial charge < -0.3 is 16.0 Å². The Balaban J connectivity index is 2.04. The van der Waals surface area contributed by atoms with E-state index in [0.717, 1.165) is 41.7 Å². The highest BCUT2D eigenvalue weighted by Crippen LogP contribution is 2.21. The van der Waals surface area contributed by atoms with Gasteiger partial charge in [0.15, 0.2) is 0 Å². The number of carbonyl (C=O) groups is 1. The second-order valence-electron chi connectivity index (χ2n) is 4.50. The van der Waals surface area contributed by atoms with Gasteiger partial charge in [0.2, 0.25) is 5.91 Å². The Morgan fingerprint density at radius 1 is 1.42 bits per heavy atom. The lowest BCUT2D eigenvalue weighted by atomic mass is 10.2. The fraction of sp³-hybridized carbons (Fsp3) is 0.385. The van der Waals surface area contributed by atoms with Crippen molar-refractivity contribution in [1.82, 2.24) is 4.90 Å². The predicted molar refractivity (Wildman–Crippen MR) is 84.3 cm³/mol. The van der Waals surface area contributed by atoms with Crippen LogP contribution in [-0.2, 0) is 4.79 Å². The summed E-state index contributed by atoms with van der Waals surface area (Å²) in [6.07, 6.45) is 2.20. The standard InChI is InChI=1S/C13H16BrN3OS/c14-9-3-4-10(13(15)19)11(7-9)16-8-12(18)17-5-1-2-6-17/h3-4,7,16H,1-2,5-6,8H2,(H2,15,19). The van der Waals surface area contributed by atoms with Crippen molar-refractivity contribution in [1.29, 1.82) is 0 Å². The second kappa shape index (κ2) is 6.34. The molecule has 0 aromatic heterocycles. The first-order valence-corrected chi connectivity index (χ1v) is 7.39. The number of nitrogens with two attached hydrogens (primary N) is 1. The summed E-state index contributed by atoms with van der Waals surface area (Å²) >= 11 is 8.41. The highest BCUT2D eigenvalue weighted by Gasteiger charge is 2.17. The molecule has 0 atom stereocenters. The molecule has 1 amide bonds. The van der Waals surface area contributed by atoms with Crippen LogP contribution in [0.3, 0.4) is 0 Å². The monoisotopic (exact) mass is 341 g/mol. The van der Waals surface area contributed by atoms with Crippen molar-refractivity contribution in [2.75, 3.05) is 25.0 Å². The molecule has 1 aromatic rings. The van der Waals surface area contributed by atoms with E-state index in [-0.39, 0.29) is 12.5 Å². The summed E-state index contributed by atoms with van der Waals surface area (Å²) < 4.78 is 0.920. The second-order valence-corrected chi connectivity index (χ2v) is 5.85. The fourth-order valence-electron chi connectivity index (χ4n) is 2.13. The van der Waals surface area contributed by atoms with Gasteiger partial charge in [0, 0.05) is 28.8 Å². The highest BCUT2D eigenvalue weighted by atomic mass is 79.9. The number of likely N-dealkylation sites (tertiary alicyclic amines) is 1. The lowest BCUT2D eigenvalue weighted by molar-refractivity contribution is -0.128. The van der Waals surface area contributed by atoms with Crippen LogP contribution in [0.5, 0.6) is 0 Å². The van der Waals surface area contributed by atoms with Gasteiger partial charge in [-0.1, -0.05) is 28.1 Å². The van der Waals surface area contributed by atoms with E-state index in [4.69, 9.17) is 18.0 Å². The number of benzene rings is 1. The number of nitrogens with zero attached hydrogens (tertiary/aromatic N) is 1. The summed E-state index contributed by atoms with van der Waals surface area (Å²) in [5, 5.41) is 3.12. The Labute approximate surface area is 126 Å². The SMILES string of the molecule is NC(=S)c1ccc(Br)cc1NCC(=O)N1CCCC1. The maximum Gasteiger partial charge on any atom is 0.241 e. The van der Waals surface area contributed by atoms with E-state index < -0.39 is 0 Å². The first kappa shape index (κ1) is 14.3. The van der Waals surface area contributed by atoms with E-state index in [9.17, 15) is 4.79 Å². The van der Waals surface area contributed by atoms with Crippen LogP contribution in [-0.4, -0.2) is 35.4 Å². The molecule has 1 aromatic carbocycles. The molecule has 0 aliphatic carbocycles. The zero-order valence-electron chi connectivity index (χ0n) is 10.5. The van der Waals surface area contributed by atoms with E-state index in [1.54, 1.807) is 0 Å². The number of rotatable bonds is 4. The summed E-state index contributed by atoms with van der Waals surface area (Å²) in [4.78, 5) is 14.2. The summed E-state index contributed by atoms with van der Waals surface area (Å²) in [5.41, 5.74) is 7.22. The van der Waals surface area contributed by atoms with Gasteiger partial charge in [0.1, 0.15) is 4.99 Å². The predicted octanol–water partition coefficient (Wildman–Crippen LogP) is 2.12. The number of nitrogens with one attached hydrogen (secondary N) is 1. The van der Waals surface area contributed by atoms with Gasteiger partial charge >= 0.3 is 0 Å². The Bertz CT molecular complexity index is 501. The molecule has 3 N–H and O–H groups in total. The zero-order chi connectivity index (χ0) is 13.8. The minimum atomic E-state index is 0.117. The summed E-state index contributed by atoms with van der Waals surface area (Å²) in [6.45, 7) is 1.99. The number of anilines is 1. The molecule has 4 nitrogen and oxygen atoms in total. The van der Waals surface area contributed by atoms with Gasteiger partial charge in [0.05, 0.1) is 6.54 Å². The van der Waals surface area contributed by atoms with E-state index >= 15 is 0 Å². The van der Waals surface area contributed by atoms with Crippen LogP contribution >= 0.6 is 28.1 Å². The molecule has 1 aliphatic heterocycles. The number of hydrogen-bond acceptors (Lipinski definition) is 3. The zero-order valence-corrected chi connectivity index (χ0v) is 12.9. The maximum absolute atomic E-state index is 12.0. The molecule has 1 aliphatic rings. The molecule has 1 fully saturated rings. The summed E-state index contributed by atoms with van der Waals surface area (Å²) in [7, 11) is 0. The largest absolute Gasteiger partial charge is 0.389 e. The number of hydrogen-bond donors (Lipinski definition) is 2. The van der Waals surface area contributed by atoms with Crippen LogP contribution in [0.25, 0.3) is 0 Å². The smallest absolute Gasteiger partial charge is 0.241 e. The first-order valence-electron chi connectivity index (χ1n) is 6.19. The van der Waals surface area contributed by atoms with Crippen LogP contribution < -0.4 is 11.1 Å². The number of amides is 1. The Morgan fingerprint density at radius 2 is 2.11 bits per heavy atom. The quantitative estimate of drug-likeness (QED) is 0.823. The molecule has 1 saturated heterocycles. The third kappa shape index (κ3) is 3.67. The topological polar surface area (TPSA) is 58.4 Å². The molecular weight excluding hydrogens is 326 g/mol. The van der Waals surface area contributed by atoms with E-state index in [0.29, 0.717) is 4.99 Å². The molecule has 0 unspecified atom stereocenters. The van der Waals surface area contributed by atoms with E-state index in [1.165, 1.54) is 0 Å². The van der Waals surface area contributed by atoms with Crippen LogP contribution in [0, 0.1) is 0 Å². The maximum atomic E-state index is 12.0. The third-order valence-corrected chi connectivity index (χ3v) is 3.85. The molecule has 102 valence electrons. The van der Waals surface area contributed by atoms with Gasteiger partial charge in [-0.2, -0.15) is 0 Å². The molecule has 1 heterocycles. The van der Waals surface area contributed by atoms with Gasteiger partial charge in [-0.3, -0.25) is 4.79 Å². The van der Waals surface area contributed by atoms with Crippen molar-refractivity contribution < 1.29 is 4.79 Å². The van der Waals surface area contributed by atoms with Crippen molar-refractivity contribution in [3.8, 4) is 0 Å². The Hall–Kier alpha value is -1.14. The Morgan fingerprint density at radius 3 is 2.74 bits per heavy atom. The van der Waals surface area contributed by atoms with Gasteiger partial charge in [-0.05, 0) is 31.0 Å². The molecule has 2 rings (SSSR count). The lowest BCUT2D eigenvalue weighted by Crippen LogP contribution is -2.33. The van der Waals surface area contributed by atoms with E-state index in [2.05, 4.69) is 21.2 Å². The van der Waals surface area contributed by atoms with E-state index in [1.807, 2.05) is 23.1 Å². The first-order chi connectivity index (χ1) is 9.08. The van der Waals surface area contributed by atoms with Crippen molar-refractivity contribution in [2.45, 2.75) is 12.8 Å². The molecule has 0 radical (unpaired) electrons. The third-order valence-electron chi connectivity index (χ3n) is 3.14. The van der Waals surface area contributed by atoms with Crippen LogP contribution in [0.4, 0.5) is 5.69 Å². The molecule has 0 spiro atoms. The molecule has 0 bridgehead atoms. The summed E-state index contributed by atoms with van der Waals surface area (Å²) in [6, 6.07) is 5.60. The van der Waals surface area contributed by atoms with Crippen molar-refractivity contribution in [3.63, 3.8) is 0 Å². The van der Waals surface area contributed by atoms with Crippen LogP contribution in [0.1, 0.15) is 18.4 Å². The van der Waals surface area contributed by atoms with Crippen molar-refractivity contribution >= 4 is 44.7 Å². The minimum absolute atomic E-state index is 0.117. The normalized spacial score (nSPS) is 14.5. The fourth-order valence-corrected chi connectivity index (χ4v) is 2.67. The van der Waals surface area contributed by atoms with Crippen molar-refractivity contribution in [3.05, 3.63) is 28.2 Å². The molecule has 6 heteroatoms. The van der Waals surface area contributed by atoms with Gasteiger partial charge in [0.25, 0.3) is 0 Å². The minimum Gasteiger partial charge on any atom is -0.389 e. The van der Waals surface area contributed by atoms with Gasteiger partial charge in [-0.25, -0.2) is 0 Å². The van der Waals surface area contributed by atoms with Crippen LogP contribution in [0.15, 0.2) is 22.7 Å². The number of halogens is 1. The number of carbonyl (C=O) groups excluding carboxylic acids is 1. The number of thiocarbonyl (C=S) groups is 1. The average Bonchev–Trinajstić information content (AvgIpc) is 2.89. The molecular formula is C13H16BrN3OS. The highest BCUT2D eigenvalue weighted by molar-refractivity contribution is 9.10. The molecule has 0 saturated carbocycles. The van der Waals surface area contributed by atoms with Gasteiger partial charge in [-0.15, -0.1) is 0 Å². The Kier molecular flexibility index (Phi) is 4.76. The summed E-state index contributed by atoms with van der Waals surface area (Å²) in [5.74, 6) is 0.117.